The van der Waals surface area contributed by atoms with Crippen molar-refractivity contribution < 1.29 is 4.79 Å². The van der Waals surface area contributed by atoms with Gasteiger partial charge >= 0.3 is 0 Å². The summed E-state index contributed by atoms with van der Waals surface area (Å²) in [7, 11) is 0. The Morgan fingerprint density at radius 3 is 2.37 bits per heavy atom. The molecule has 1 saturated carbocycles. The molecule has 4 heteroatoms. The minimum atomic E-state index is 0.226. The average molecular weight is 267 g/mol. The minimum Gasteiger partial charge on any atom is -0.352 e. The zero-order valence-corrected chi connectivity index (χ0v) is 12.5. The first-order chi connectivity index (χ1) is 9.19. The van der Waals surface area contributed by atoms with E-state index in [1.807, 2.05) is 0 Å². The average Bonchev–Trinajstić information content (AvgIpc) is 2.42. The Bertz CT molecular complexity index is 287. The zero-order valence-electron chi connectivity index (χ0n) is 12.5. The van der Waals surface area contributed by atoms with E-state index in [2.05, 4.69) is 29.0 Å². The quantitative estimate of drug-likeness (QED) is 0.834. The van der Waals surface area contributed by atoms with Crippen LogP contribution in [-0.4, -0.2) is 61.0 Å². The van der Waals surface area contributed by atoms with E-state index in [9.17, 15) is 4.79 Å². The van der Waals surface area contributed by atoms with Crippen LogP contribution in [0.15, 0.2) is 0 Å². The Labute approximate surface area is 117 Å². The van der Waals surface area contributed by atoms with Gasteiger partial charge in [0.2, 0.25) is 5.91 Å². The maximum absolute atomic E-state index is 12.1. The number of piperazine rings is 1. The largest absolute Gasteiger partial charge is 0.352 e. The predicted molar refractivity (Wildman–Crippen MR) is 78.1 cm³/mol. The van der Waals surface area contributed by atoms with E-state index in [0.29, 0.717) is 18.5 Å². The lowest BCUT2D eigenvalue weighted by Gasteiger charge is -2.34. The van der Waals surface area contributed by atoms with Crippen LogP contribution in [0.1, 0.15) is 39.5 Å². The molecule has 110 valence electrons. The molecule has 1 amide bonds. The molecule has 0 bridgehead atoms. The third-order valence-corrected chi connectivity index (χ3v) is 4.74. The van der Waals surface area contributed by atoms with Crippen LogP contribution < -0.4 is 5.32 Å². The van der Waals surface area contributed by atoms with Gasteiger partial charge in [-0.25, -0.2) is 0 Å². The second-order valence-electron chi connectivity index (χ2n) is 6.15. The number of nitrogens with zero attached hydrogens (tertiary/aromatic N) is 2. The van der Waals surface area contributed by atoms with Crippen molar-refractivity contribution in [1.82, 2.24) is 15.1 Å². The van der Waals surface area contributed by atoms with Gasteiger partial charge in [0.1, 0.15) is 0 Å². The maximum atomic E-state index is 12.1. The monoisotopic (exact) mass is 267 g/mol. The van der Waals surface area contributed by atoms with Gasteiger partial charge in [0.15, 0.2) is 0 Å². The van der Waals surface area contributed by atoms with Crippen molar-refractivity contribution in [2.75, 3.05) is 39.3 Å². The van der Waals surface area contributed by atoms with Gasteiger partial charge in [0.05, 0.1) is 6.54 Å². The Kier molecular flexibility index (Phi) is 5.64. The van der Waals surface area contributed by atoms with Crippen LogP contribution in [0.2, 0.25) is 0 Å². The lowest BCUT2D eigenvalue weighted by molar-refractivity contribution is -0.123. The van der Waals surface area contributed by atoms with Crippen LogP contribution in [0.3, 0.4) is 0 Å². The summed E-state index contributed by atoms with van der Waals surface area (Å²) in [6, 6.07) is 0.415. The topological polar surface area (TPSA) is 35.6 Å². The number of carbonyl (C=O) groups is 1. The molecule has 1 saturated heterocycles. The molecule has 19 heavy (non-hydrogen) atoms. The third kappa shape index (κ3) is 4.46. The third-order valence-electron chi connectivity index (χ3n) is 4.74. The highest BCUT2D eigenvalue weighted by atomic mass is 16.2. The molecule has 0 spiro atoms. The second-order valence-corrected chi connectivity index (χ2v) is 6.15. The van der Waals surface area contributed by atoms with E-state index in [-0.39, 0.29) is 5.91 Å². The lowest BCUT2D eigenvalue weighted by Crippen LogP contribution is -2.51. The number of nitrogens with one attached hydrogen (secondary N) is 1. The van der Waals surface area contributed by atoms with E-state index in [4.69, 9.17) is 0 Å². The van der Waals surface area contributed by atoms with E-state index < -0.39 is 0 Å². The Morgan fingerprint density at radius 1 is 1.11 bits per heavy atom. The van der Waals surface area contributed by atoms with Gasteiger partial charge < -0.3 is 10.2 Å². The van der Waals surface area contributed by atoms with Crippen molar-refractivity contribution in [2.24, 2.45) is 5.92 Å². The summed E-state index contributed by atoms with van der Waals surface area (Å²) in [5.74, 6) is 0.873. The summed E-state index contributed by atoms with van der Waals surface area (Å²) in [5, 5.41) is 3.25. The van der Waals surface area contributed by atoms with Gasteiger partial charge in [-0.05, 0) is 25.3 Å². The highest BCUT2D eigenvalue weighted by molar-refractivity contribution is 5.78. The standard InChI is InChI=1S/C15H29N3O/c1-3-17-8-10-18(11-9-17)12-15(19)16-14-7-5-4-6-13(14)2/h13-14H,3-12H2,1-2H3,(H,16,19). The van der Waals surface area contributed by atoms with Crippen LogP contribution in [0.4, 0.5) is 0 Å². The number of rotatable bonds is 4. The number of amides is 1. The molecule has 0 aromatic rings. The molecule has 2 fully saturated rings. The molecule has 2 rings (SSSR count). The summed E-state index contributed by atoms with van der Waals surface area (Å²) in [6.07, 6.45) is 5.02. The first kappa shape index (κ1) is 14.8. The first-order valence-corrected chi connectivity index (χ1v) is 7.93. The van der Waals surface area contributed by atoms with Gasteiger partial charge in [-0.15, -0.1) is 0 Å². The normalized spacial score (nSPS) is 30.2. The molecule has 2 unspecified atom stereocenters. The number of hydrogen-bond acceptors (Lipinski definition) is 3. The van der Waals surface area contributed by atoms with Crippen molar-refractivity contribution in [3.05, 3.63) is 0 Å². The number of hydrogen-bond donors (Lipinski definition) is 1. The van der Waals surface area contributed by atoms with Gasteiger partial charge in [0, 0.05) is 32.2 Å². The van der Waals surface area contributed by atoms with Crippen molar-refractivity contribution in [3.8, 4) is 0 Å². The first-order valence-electron chi connectivity index (χ1n) is 7.93. The molecule has 0 aromatic carbocycles. The molecule has 1 heterocycles. The van der Waals surface area contributed by atoms with Crippen LogP contribution in [0.5, 0.6) is 0 Å². The fourth-order valence-electron chi connectivity index (χ4n) is 3.25. The fraction of sp³-hybridized carbons (Fsp3) is 0.933. The molecule has 1 aliphatic heterocycles. The number of carbonyl (C=O) groups excluding carboxylic acids is 1. The molecule has 2 aliphatic rings. The van der Waals surface area contributed by atoms with Crippen LogP contribution in [-0.2, 0) is 4.79 Å². The lowest BCUT2D eigenvalue weighted by atomic mass is 9.86. The van der Waals surface area contributed by atoms with E-state index in [1.54, 1.807) is 0 Å². The van der Waals surface area contributed by atoms with Gasteiger partial charge in [0.25, 0.3) is 0 Å². The minimum absolute atomic E-state index is 0.226. The van der Waals surface area contributed by atoms with Crippen molar-refractivity contribution in [3.63, 3.8) is 0 Å². The highest BCUT2D eigenvalue weighted by Gasteiger charge is 2.24. The molecule has 0 aromatic heterocycles. The molecule has 2 atom stereocenters. The summed E-state index contributed by atoms with van der Waals surface area (Å²) in [5.41, 5.74) is 0. The Hall–Kier alpha value is -0.610. The molecular formula is C15H29N3O. The van der Waals surface area contributed by atoms with Crippen molar-refractivity contribution in [2.45, 2.75) is 45.6 Å². The second kappa shape index (κ2) is 7.25. The van der Waals surface area contributed by atoms with Crippen molar-refractivity contribution >= 4 is 5.91 Å². The zero-order chi connectivity index (χ0) is 13.7. The highest BCUT2D eigenvalue weighted by Crippen LogP contribution is 2.23. The smallest absolute Gasteiger partial charge is 0.234 e. The van der Waals surface area contributed by atoms with Gasteiger partial charge in [-0.1, -0.05) is 26.7 Å². The predicted octanol–water partition coefficient (Wildman–Crippen LogP) is 1.32. The van der Waals surface area contributed by atoms with Crippen LogP contribution >= 0.6 is 0 Å². The maximum Gasteiger partial charge on any atom is 0.234 e. The molecular weight excluding hydrogens is 238 g/mol. The summed E-state index contributed by atoms with van der Waals surface area (Å²) < 4.78 is 0. The molecule has 1 N–H and O–H groups in total. The van der Waals surface area contributed by atoms with Crippen LogP contribution in [0.25, 0.3) is 0 Å². The van der Waals surface area contributed by atoms with E-state index >= 15 is 0 Å². The molecule has 1 aliphatic carbocycles. The number of likely N-dealkylation sites (N-methyl/N-ethyl adjacent to an activating group) is 1. The van der Waals surface area contributed by atoms with Gasteiger partial charge in [-0.3, -0.25) is 9.69 Å². The Morgan fingerprint density at radius 2 is 1.74 bits per heavy atom. The van der Waals surface area contributed by atoms with Crippen LogP contribution in [0, 0.1) is 5.92 Å². The van der Waals surface area contributed by atoms with E-state index in [0.717, 1.165) is 39.1 Å². The fourth-order valence-corrected chi connectivity index (χ4v) is 3.25. The Balaban J connectivity index is 1.69. The summed E-state index contributed by atoms with van der Waals surface area (Å²) in [6.45, 7) is 10.4. The summed E-state index contributed by atoms with van der Waals surface area (Å²) >= 11 is 0. The SMILES string of the molecule is CCN1CCN(CC(=O)NC2CCCCC2C)CC1. The van der Waals surface area contributed by atoms with Gasteiger partial charge in [-0.2, -0.15) is 0 Å². The summed E-state index contributed by atoms with van der Waals surface area (Å²) in [4.78, 5) is 16.8. The molecule has 4 nitrogen and oxygen atoms in total. The molecule has 0 radical (unpaired) electrons. The van der Waals surface area contributed by atoms with Crippen molar-refractivity contribution in [1.29, 1.82) is 0 Å². The van der Waals surface area contributed by atoms with E-state index in [1.165, 1.54) is 19.3 Å².